The molecule has 0 aliphatic rings. The molecule has 0 rings (SSSR count). The van der Waals surface area contributed by atoms with Crippen LogP contribution in [-0.2, 0) is 9.59 Å². The van der Waals surface area contributed by atoms with Crippen LogP contribution in [0.3, 0.4) is 0 Å². The molecule has 10 N–H and O–H groups in total. The maximum absolute atomic E-state index is 9.63. The van der Waals surface area contributed by atoms with Crippen LogP contribution in [0.2, 0.25) is 0 Å². The third kappa shape index (κ3) is 28.2. The first-order valence-electron chi connectivity index (χ1n) is 2.24. The van der Waals surface area contributed by atoms with Crippen molar-refractivity contribution >= 4 is 71.1 Å². The van der Waals surface area contributed by atoms with Gasteiger partial charge in [-0.25, -0.2) is 0 Å². The summed E-state index contributed by atoms with van der Waals surface area (Å²) in [6.07, 6.45) is -4.88. The molecule has 14 heteroatoms. The zero-order valence-electron chi connectivity index (χ0n) is 8.68. The summed E-state index contributed by atoms with van der Waals surface area (Å²) in [6, 6.07) is 0. The van der Waals surface area contributed by atoms with E-state index in [1.807, 2.05) is 0 Å². The normalized spacial score (nSPS) is 8.78. The van der Waals surface area contributed by atoms with Crippen LogP contribution in [0.5, 0.6) is 0 Å². The van der Waals surface area contributed by atoms with E-state index in [9.17, 15) is 19.8 Å². The second-order valence-corrected chi connectivity index (χ2v) is 1.53. The predicted molar refractivity (Wildman–Crippen MR) is 50.8 cm³/mol. The topological polar surface area (TPSA) is 247 Å². The van der Waals surface area contributed by atoms with Crippen LogP contribution >= 0.6 is 0 Å². The minimum atomic E-state index is -2.44. The number of carbonyl (C=O) groups excluding carboxylic acids is 2. The number of hydrogen-bond donors (Lipinski definition) is 2. The molecule has 0 fully saturated rings. The van der Waals surface area contributed by atoms with E-state index in [0.29, 0.717) is 0 Å². The molecule has 0 bridgehead atoms. The number of carboxylic acids is 2. The molecule has 0 aliphatic carbocycles. The molecule has 0 heterocycles. The Morgan fingerprint density at radius 1 is 0.722 bits per heavy atom. The monoisotopic (exact) mass is 346 g/mol. The van der Waals surface area contributed by atoms with Crippen molar-refractivity contribution < 1.29 is 155 Å². The summed E-state index contributed by atoms with van der Waals surface area (Å²) in [5, 5.41) is 35.7. The van der Waals surface area contributed by atoms with E-state index in [2.05, 4.69) is 0 Å². The van der Waals surface area contributed by atoms with Gasteiger partial charge in [0.15, 0.2) is 0 Å². The number of carbonyl (C=O) groups is 2. The van der Waals surface area contributed by atoms with Crippen LogP contribution in [0.15, 0.2) is 0 Å². The van der Waals surface area contributed by atoms with Crippen molar-refractivity contribution in [3.05, 3.63) is 0 Å². The molecule has 0 saturated heterocycles. The molecule has 2 atom stereocenters. The third-order valence-corrected chi connectivity index (χ3v) is 0.782. The number of rotatable bonds is 3. The van der Waals surface area contributed by atoms with Crippen molar-refractivity contribution in [1.82, 2.24) is 0 Å². The summed E-state index contributed by atoms with van der Waals surface area (Å²) in [7, 11) is 0. The zero-order valence-corrected chi connectivity index (χ0v) is 14.9. The van der Waals surface area contributed by atoms with Crippen LogP contribution in [0, 0.1) is 0 Å². The minimum absolute atomic E-state index is 0. The van der Waals surface area contributed by atoms with Gasteiger partial charge in [-0.05, 0) is 0 Å². The van der Waals surface area contributed by atoms with Crippen molar-refractivity contribution in [2.24, 2.45) is 0 Å². The predicted octanol–water partition coefficient (Wildman–Crippen LogP) is -15.4. The molecular weight excluding hydrogens is 332 g/mol. The fourth-order valence-corrected chi connectivity index (χ4v) is 0.258. The fraction of sp³-hybridized carbons (Fsp3) is 0.500. The molecule has 0 aromatic heterocycles. The number of hydrogen-bond acceptors (Lipinski definition) is 6. The van der Waals surface area contributed by atoms with E-state index in [4.69, 9.17) is 10.2 Å². The van der Waals surface area contributed by atoms with E-state index in [1.165, 1.54) is 0 Å². The Morgan fingerprint density at radius 2 is 0.833 bits per heavy atom. The standard InChI is InChI=1S/C4H6O6.2K.2Na.4H2O.2H/c5-1(3(7)8)2(6)4(9)10;;;;;;;;;;/h1-2,5-6H,(H,7,8)(H,9,10);;;;;4*1H2;;/q;2*+1;;;;;;;;/p-2. The van der Waals surface area contributed by atoms with Gasteiger partial charge in [-0.2, -0.15) is 0 Å². The van der Waals surface area contributed by atoms with Gasteiger partial charge in [-0.15, -0.1) is 0 Å². The van der Waals surface area contributed by atoms with Gasteiger partial charge in [0.2, 0.25) is 0 Å². The first kappa shape index (κ1) is 57.4. The zero-order chi connectivity index (χ0) is 8.31. The van der Waals surface area contributed by atoms with E-state index >= 15 is 0 Å². The number of carboxylic acid groups (broad SMARTS) is 2. The molecule has 0 amide bonds. The molecule has 2 unspecified atom stereocenters. The summed E-state index contributed by atoms with van der Waals surface area (Å²) >= 11 is 0. The SMILES string of the molecule is O.O.O.O.O=C([O-])C(O)C(O)C(=O)[O-].[K+].[K+].[NaH].[NaH]. The molecule has 0 aromatic carbocycles. The number of aliphatic hydroxyl groups excluding tert-OH is 2. The molecule has 0 aromatic rings. The van der Waals surface area contributed by atoms with Crippen LogP contribution < -0.4 is 113 Å². The fourth-order valence-electron chi connectivity index (χ4n) is 0.258. The van der Waals surface area contributed by atoms with E-state index in [1.54, 1.807) is 0 Å². The number of aliphatic carboxylic acids is 2. The molecule has 0 spiro atoms. The van der Waals surface area contributed by atoms with Crippen molar-refractivity contribution in [2.45, 2.75) is 12.2 Å². The van der Waals surface area contributed by atoms with Gasteiger partial charge in [0.05, 0.1) is 11.9 Å². The summed E-state index contributed by atoms with van der Waals surface area (Å²) in [5.41, 5.74) is 0. The van der Waals surface area contributed by atoms with Crippen LogP contribution in [0.25, 0.3) is 0 Å². The van der Waals surface area contributed by atoms with Gasteiger partial charge in [0.25, 0.3) is 0 Å². The Hall–Kier alpha value is 3.97. The Labute approximate surface area is 232 Å². The summed E-state index contributed by atoms with van der Waals surface area (Å²) in [6.45, 7) is 0. The van der Waals surface area contributed by atoms with Crippen LogP contribution in [0.1, 0.15) is 0 Å². The van der Waals surface area contributed by atoms with Gasteiger partial charge in [0, 0.05) is 0 Å². The second kappa shape index (κ2) is 32.8. The summed E-state index contributed by atoms with van der Waals surface area (Å²) in [5.74, 6) is -4.12. The number of aliphatic hydroxyl groups is 2. The quantitative estimate of drug-likeness (QED) is 0.469. The average Bonchev–Trinajstić information content (AvgIpc) is 1.84. The first-order chi connectivity index (χ1) is 4.46. The maximum atomic E-state index is 9.63. The van der Waals surface area contributed by atoms with Crippen LogP contribution in [0.4, 0.5) is 0 Å². The van der Waals surface area contributed by atoms with Gasteiger partial charge in [0.1, 0.15) is 12.2 Å². The van der Waals surface area contributed by atoms with E-state index in [0.717, 1.165) is 0 Å². The second-order valence-electron chi connectivity index (χ2n) is 1.53. The average molecular weight is 346 g/mol. The molecule has 10 nitrogen and oxygen atoms in total. The van der Waals surface area contributed by atoms with Gasteiger partial charge in [-0.3, -0.25) is 0 Å². The first-order valence-corrected chi connectivity index (χ1v) is 2.24. The molecule has 0 saturated carbocycles. The Kier molecular flexibility index (Phi) is 105. The Balaban J connectivity index is -0.0000000145. The Morgan fingerprint density at radius 3 is 0.889 bits per heavy atom. The van der Waals surface area contributed by atoms with Crippen molar-refractivity contribution in [3.8, 4) is 0 Å². The van der Waals surface area contributed by atoms with Crippen molar-refractivity contribution in [1.29, 1.82) is 0 Å². The van der Waals surface area contributed by atoms with Gasteiger partial charge >= 0.3 is 162 Å². The van der Waals surface area contributed by atoms with Crippen molar-refractivity contribution in [2.75, 3.05) is 0 Å². The Bertz CT molecular complexity index is 154. The summed E-state index contributed by atoms with van der Waals surface area (Å²) < 4.78 is 0. The molecule has 94 valence electrons. The molecular formula is C4H14K2Na2O10. The van der Waals surface area contributed by atoms with E-state index in [-0.39, 0.29) is 184 Å². The summed E-state index contributed by atoms with van der Waals surface area (Å²) in [4.78, 5) is 19.3. The molecule has 18 heavy (non-hydrogen) atoms. The van der Waals surface area contributed by atoms with Crippen LogP contribution in [-0.4, -0.2) is 115 Å². The van der Waals surface area contributed by atoms with Gasteiger partial charge in [-0.1, -0.05) is 0 Å². The molecule has 0 aliphatic heterocycles. The van der Waals surface area contributed by atoms with Gasteiger partial charge < -0.3 is 51.9 Å². The van der Waals surface area contributed by atoms with Crippen molar-refractivity contribution in [3.63, 3.8) is 0 Å². The molecule has 0 radical (unpaired) electrons. The van der Waals surface area contributed by atoms with E-state index < -0.39 is 24.1 Å². The third-order valence-electron chi connectivity index (χ3n) is 0.782.